The van der Waals surface area contributed by atoms with Crippen LogP contribution in [0.25, 0.3) is 0 Å². The maximum atomic E-state index is 12.9. The normalized spacial score (nSPS) is 29.6. The van der Waals surface area contributed by atoms with E-state index in [4.69, 9.17) is 4.74 Å². The van der Waals surface area contributed by atoms with Crippen LogP contribution < -0.4 is 5.32 Å². The minimum Gasteiger partial charge on any atom is -0.384 e. The molecule has 3 rings (SSSR count). The molecule has 146 valence electrons. The summed E-state index contributed by atoms with van der Waals surface area (Å²) >= 11 is 0. The van der Waals surface area contributed by atoms with Gasteiger partial charge in [-0.05, 0) is 49.1 Å². The lowest BCUT2D eigenvalue weighted by Crippen LogP contribution is -2.47. The van der Waals surface area contributed by atoms with E-state index in [0.29, 0.717) is 22.8 Å². The first-order valence-electron chi connectivity index (χ1n) is 10.1. The van der Waals surface area contributed by atoms with Gasteiger partial charge in [-0.15, -0.1) is 0 Å². The molecular weight excluding hydrogens is 346 g/mol. The molecule has 1 N–H and O–H groups in total. The Morgan fingerprint density at radius 2 is 2.00 bits per heavy atom. The fourth-order valence-corrected chi connectivity index (χ4v) is 6.74. The quantitative estimate of drug-likeness (QED) is 0.711. The number of nitrogens with one attached hydrogen (secondary N) is 1. The van der Waals surface area contributed by atoms with E-state index in [2.05, 4.69) is 12.2 Å². The zero-order valence-corrected chi connectivity index (χ0v) is 16.9. The van der Waals surface area contributed by atoms with Gasteiger partial charge in [0.2, 0.25) is 0 Å². The molecular formula is C21H33NO3S. The predicted molar refractivity (Wildman–Crippen MR) is 105 cm³/mol. The molecule has 1 aromatic rings. The van der Waals surface area contributed by atoms with E-state index in [1.54, 1.807) is 31.4 Å². The SMILES string of the molecule is CCC[C@@H](CS(=O)(=O)c1ccccc1)NC1[C@@H](COC)C[C@H]2CCC[C@@H]12. The third-order valence-corrected chi connectivity index (χ3v) is 8.09. The Bertz CT molecular complexity index is 661. The van der Waals surface area contributed by atoms with Crippen molar-refractivity contribution >= 4 is 9.84 Å². The predicted octanol–water partition coefficient (Wildman–Crippen LogP) is 3.67. The van der Waals surface area contributed by atoms with E-state index in [9.17, 15) is 8.42 Å². The van der Waals surface area contributed by atoms with Crippen molar-refractivity contribution in [2.24, 2.45) is 17.8 Å². The molecule has 0 bridgehead atoms. The molecule has 5 heteroatoms. The van der Waals surface area contributed by atoms with Crippen molar-refractivity contribution in [1.82, 2.24) is 5.32 Å². The van der Waals surface area contributed by atoms with Crippen LogP contribution >= 0.6 is 0 Å². The van der Waals surface area contributed by atoms with Gasteiger partial charge in [-0.3, -0.25) is 0 Å². The van der Waals surface area contributed by atoms with Crippen molar-refractivity contribution < 1.29 is 13.2 Å². The lowest BCUT2D eigenvalue weighted by molar-refractivity contribution is 0.130. The van der Waals surface area contributed by atoms with Gasteiger partial charge in [-0.25, -0.2) is 8.42 Å². The smallest absolute Gasteiger partial charge is 0.179 e. The summed E-state index contributed by atoms with van der Waals surface area (Å²) in [6.45, 7) is 2.90. The maximum Gasteiger partial charge on any atom is 0.179 e. The lowest BCUT2D eigenvalue weighted by Gasteiger charge is -2.30. The largest absolute Gasteiger partial charge is 0.384 e. The van der Waals surface area contributed by atoms with E-state index >= 15 is 0 Å². The highest BCUT2D eigenvalue weighted by Crippen LogP contribution is 2.47. The number of methoxy groups -OCH3 is 1. The molecule has 0 spiro atoms. The Hall–Kier alpha value is -0.910. The molecule has 5 atom stereocenters. The number of benzene rings is 1. The Labute approximate surface area is 158 Å². The lowest BCUT2D eigenvalue weighted by atomic mass is 9.94. The van der Waals surface area contributed by atoms with E-state index in [1.807, 2.05) is 6.07 Å². The van der Waals surface area contributed by atoms with Crippen molar-refractivity contribution in [3.8, 4) is 0 Å². The second-order valence-corrected chi connectivity index (χ2v) is 10.1. The van der Waals surface area contributed by atoms with Gasteiger partial charge in [0.1, 0.15) is 0 Å². The molecule has 1 aromatic carbocycles. The first-order chi connectivity index (χ1) is 12.5. The summed E-state index contributed by atoms with van der Waals surface area (Å²) in [6, 6.07) is 9.25. The van der Waals surface area contributed by atoms with E-state index in [1.165, 1.54) is 25.7 Å². The molecule has 0 radical (unpaired) electrons. The van der Waals surface area contributed by atoms with Crippen LogP contribution in [0.3, 0.4) is 0 Å². The number of rotatable bonds is 9. The van der Waals surface area contributed by atoms with Crippen molar-refractivity contribution in [3.05, 3.63) is 30.3 Å². The second-order valence-electron chi connectivity index (χ2n) is 8.08. The molecule has 0 heterocycles. The van der Waals surface area contributed by atoms with Gasteiger partial charge in [0.05, 0.1) is 17.3 Å². The highest BCUT2D eigenvalue weighted by molar-refractivity contribution is 7.91. The third kappa shape index (κ3) is 4.49. The Morgan fingerprint density at radius 3 is 2.69 bits per heavy atom. The van der Waals surface area contributed by atoms with E-state index in [-0.39, 0.29) is 11.8 Å². The fraction of sp³-hybridized carbons (Fsp3) is 0.714. The Kier molecular flexibility index (Phi) is 6.76. The van der Waals surface area contributed by atoms with Crippen molar-refractivity contribution in [2.75, 3.05) is 19.5 Å². The van der Waals surface area contributed by atoms with Crippen LogP contribution in [-0.2, 0) is 14.6 Å². The van der Waals surface area contributed by atoms with E-state index < -0.39 is 9.84 Å². The summed E-state index contributed by atoms with van der Waals surface area (Å²) in [5.41, 5.74) is 0. The van der Waals surface area contributed by atoms with Gasteiger partial charge < -0.3 is 10.1 Å². The second kappa shape index (κ2) is 8.85. The summed E-state index contributed by atoms with van der Waals surface area (Å²) in [5, 5.41) is 3.79. The average Bonchev–Trinajstić information content (AvgIpc) is 3.19. The zero-order valence-electron chi connectivity index (χ0n) is 16.1. The van der Waals surface area contributed by atoms with Gasteiger partial charge in [0.15, 0.2) is 9.84 Å². The molecule has 0 aromatic heterocycles. The van der Waals surface area contributed by atoms with Crippen LogP contribution in [0.1, 0.15) is 45.4 Å². The standard InChI is InChI=1S/C21H33NO3S/c1-3-8-18(15-26(23,24)19-10-5-4-6-11-19)22-21-17(14-25-2)13-16-9-7-12-20(16)21/h4-6,10-11,16-18,20-22H,3,7-9,12-15H2,1-2H3/t16-,17-,18+,20-,21?/m1/s1. The maximum absolute atomic E-state index is 12.9. The first kappa shape index (κ1) is 19.8. The third-order valence-electron chi connectivity index (χ3n) is 6.26. The summed E-state index contributed by atoms with van der Waals surface area (Å²) < 4.78 is 31.2. The highest BCUT2D eigenvalue weighted by Gasteiger charge is 2.45. The molecule has 2 fully saturated rings. The molecule has 0 saturated heterocycles. The minimum atomic E-state index is -3.27. The van der Waals surface area contributed by atoms with Gasteiger partial charge in [-0.2, -0.15) is 0 Å². The topological polar surface area (TPSA) is 55.4 Å². The van der Waals surface area contributed by atoms with Crippen molar-refractivity contribution in [3.63, 3.8) is 0 Å². The fourth-order valence-electron chi connectivity index (χ4n) is 5.19. The molecule has 2 saturated carbocycles. The molecule has 4 nitrogen and oxygen atoms in total. The first-order valence-corrected chi connectivity index (χ1v) is 11.7. The summed E-state index contributed by atoms with van der Waals surface area (Å²) in [5.74, 6) is 2.17. The van der Waals surface area contributed by atoms with Gasteiger partial charge >= 0.3 is 0 Å². The van der Waals surface area contributed by atoms with Crippen LogP contribution in [0.15, 0.2) is 35.2 Å². The Balaban J connectivity index is 1.73. The number of sulfone groups is 1. The van der Waals surface area contributed by atoms with Gasteiger partial charge in [0.25, 0.3) is 0 Å². The molecule has 1 unspecified atom stereocenters. The molecule has 2 aliphatic carbocycles. The van der Waals surface area contributed by atoms with Crippen molar-refractivity contribution in [1.29, 1.82) is 0 Å². The molecule has 0 aliphatic heterocycles. The summed E-state index contributed by atoms with van der Waals surface area (Å²) in [4.78, 5) is 0.432. The van der Waals surface area contributed by atoms with E-state index in [0.717, 1.165) is 25.4 Å². The minimum absolute atomic E-state index is 0.00825. The number of ether oxygens (including phenoxy) is 1. The average molecular weight is 380 g/mol. The van der Waals surface area contributed by atoms with Crippen LogP contribution in [0.4, 0.5) is 0 Å². The molecule has 26 heavy (non-hydrogen) atoms. The number of fused-ring (bicyclic) bond motifs is 1. The van der Waals surface area contributed by atoms with Crippen LogP contribution in [0, 0.1) is 17.8 Å². The van der Waals surface area contributed by atoms with Crippen molar-refractivity contribution in [2.45, 2.75) is 62.4 Å². The zero-order chi connectivity index (χ0) is 18.6. The highest BCUT2D eigenvalue weighted by atomic mass is 32.2. The molecule has 2 aliphatic rings. The van der Waals surface area contributed by atoms with Gasteiger partial charge in [0, 0.05) is 19.2 Å². The van der Waals surface area contributed by atoms with Crippen LogP contribution in [0.2, 0.25) is 0 Å². The number of hydrogen-bond donors (Lipinski definition) is 1. The summed E-state index contributed by atoms with van der Waals surface area (Å²) in [6.07, 6.45) is 7.00. The molecule has 0 amide bonds. The van der Waals surface area contributed by atoms with Crippen LogP contribution in [0.5, 0.6) is 0 Å². The monoisotopic (exact) mass is 379 g/mol. The number of hydrogen-bond acceptors (Lipinski definition) is 4. The van der Waals surface area contributed by atoms with Gasteiger partial charge in [-0.1, -0.05) is 44.4 Å². The van der Waals surface area contributed by atoms with Crippen LogP contribution in [-0.4, -0.2) is 40.0 Å². The Morgan fingerprint density at radius 1 is 1.23 bits per heavy atom. The summed E-state index contributed by atoms with van der Waals surface area (Å²) in [7, 11) is -1.50.